The van der Waals surface area contributed by atoms with Crippen molar-refractivity contribution in [3.05, 3.63) is 24.0 Å². The Kier molecular flexibility index (Phi) is 4.78. The lowest BCUT2D eigenvalue weighted by Crippen LogP contribution is -2.43. The summed E-state index contributed by atoms with van der Waals surface area (Å²) in [5, 5.41) is 20.1. The molecule has 0 radical (unpaired) electrons. The lowest BCUT2D eigenvalue weighted by molar-refractivity contribution is 0.0138. The van der Waals surface area contributed by atoms with Gasteiger partial charge in [-0.1, -0.05) is 27.7 Å². The van der Waals surface area contributed by atoms with E-state index >= 15 is 0 Å². The van der Waals surface area contributed by atoms with E-state index in [2.05, 4.69) is 15.5 Å². The average molecular weight is 251 g/mol. The van der Waals surface area contributed by atoms with Crippen LogP contribution in [-0.2, 0) is 0 Å². The minimum absolute atomic E-state index is 0.152. The molecule has 1 aromatic rings. The van der Waals surface area contributed by atoms with Crippen molar-refractivity contribution in [3.8, 4) is 0 Å². The van der Waals surface area contributed by atoms with E-state index in [0.717, 1.165) is 0 Å². The highest BCUT2D eigenvalue weighted by molar-refractivity contribution is 5.93. The zero-order valence-corrected chi connectivity index (χ0v) is 11.3. The molecule has 2 N–H and O–H groups in total. The molecule has 0 fully saturated rings. The van der Waals surface area contributed by atoms with Crippen LogP contribution in [0, 0.1) is 11.3 Å². The maximum absolute atomic E-state index is 11.8. The first-order chi connectivity index (χ1) is 8.34. The highest BCUT2D eigenvalue weighted by Gasteiger charge is 2.30. The molecular formula is C13H21N3O2. The Bertz CT molecular complexity index is 390. The molecule has 1 atom stereocenters. The Morgan fingerprint density at radius 3 is 2.61 bits per heavy atom. The molecule has 5 heteroatoms. The van der Waals surface area contributed by atoms with Crippen LogP contribution in [0.2, 0.25) is 0 Å². The normalized spacial score (nSPS) is 13.4. The molecule has 1 unspecified atom stereocenters. The fourth-order valence-electron chi connectivity index (χ4n) is 1.84. The van der Waals surface area contributed by atoms with E-state index in [0.29, 0.717) is 12.1 Å². The molecule has 1 aromatic heterocycles. The molecule has 1 amide bonds. The molecule has 0 aromatic carbocycles. The molecular weight excluding hydrogens is 230 g/mol. The third kappa shape index (κ3) is 3.77. The molecule has 0 aliphatic heterocycles. The van der Waals surface area contributed by atoms with Crippen molar-refractivity contribution in [2.45, 2.75) is 33.8 Å². The topological polar surface area (TPSA) is 75.1 Å². The van der Waals surface area contributed by atoms with Gasteiger partial charge in [-0.2, -0.15) is 10.2 Å². The number of nitrogens with zero attached hydrogens (tertiary/aromatic N) is 2. The number of aliphatic hydroxyl groups is 1. The zero-order valence-electron chi connectivity index (χ0n) is 11.3. The Labute approximate surface area is 108 Å². The summed E-state index contributed by atoms with van der Waals surface area (Å²) in [6.45, 7) is 8.20. The summed E-state index contributed by atoms with van der Waals surface area (Å²) in [4.78, 5) is 11.8. The SMILES string of the molecule is CC(C)C(O)C(C)(C)CNC(=O)c1ccnnc1. The fraction of sp³-hybridized carbons (Fsp3) is 0.615. The zero-order chi connectivity index (χ0) is 13.8. The number of rotatable bonds is 5. The van der Waals surface area contributed by atoms with Crippen molar-refractivity contribution in [1.29, 1.82) is 0 Å². The average Bonchev–Trinajstić information content (AvgIpc) is 2.36. The van der Waals surface area contributed by atoms with E-state index < -0.39 is 6.10 Å². The molecule has 0 aliphatic rings. The quantitative estimate of drug-likeness (QED) is 0.826. The molecule has 0 bridgehead atoms. The predicted octanol–water partition coefficient (Wildman–Crippen LogP) is 1.25. The van der Waals surface area contributed by atoms with Crippen molar-refractivity contribution in [3.63, 3.8) is 0 Å². The van der Waals surface area contributed by atoms with Gasteiger partial charge in [-0.05, 0) is 12.0 Å². The number of hydrogen-bond donors (Lipinski definition) is 2. The Morgan fingerprint density at radius 1 is 1.44 bits per heavy atom. The predicted molar refractivity (Wildman–Crippen MR) is 69.0 cm³/mol. The second kappa shape index (κ2) is 5.91. The number of carbonyl (C=O) groups is 1. The van der Waals surface area contributed by atoms with E-state index in [-0.39, 0.29) is 17.2 Å². The standard InChI is InChI=1S/C13H21N3O2/c1-9(2)11(17)13(3,4)8-14-12(18)10-5-6-15-16-7-10/h5-7,9,11,17H,8H2,1-4H3,(H,14,18). The summed E-state index contributed by atoms with van der Waals surface area (Å²) in [7, 11) is 0. The Hall–Kier alpha value is -1.49. The third-order valence-electron chi connectivity index (χ3n) is 2.98. The molecule has 5 nitrogen and oxygen atoms in total. The number of aromatic nitrogens is 2. The molecule has 0 saturated carbocycles. The summed E-state index contributed by atoms with van der Waals surface area (Å²) >= 11 is 0. The molecule has 1 rings (SSSR count). The van der Waals surface area contributed by atoms with E-state index in [1.807, 2.05) is 27.7 Å². The van der Waals surface area contributed by atoms with Crippen LogP contribution in [0.4, 0.5) is 0 Å². The van der Waals surface area contributed by atoms with Crippen molar-refractivity contribution >= 4 is 5.91 Å². The molecule has 100 valence electrons. The van der Waals surface area contributed by atoms with Gasteiger partial charge in [0.2, 0.25) is 0 Å². The lowest BCUT2D eigenvalue weighted by atomic mass is 9.80. The molecule has 0 saturated heterocycles. The lowest BCUT2D eigenvalue weighted by Gasteiger charge is -2.33. The third-order valence-corrected chi connectivity index (χ3v) is 2.98. The number of aliphatic hydroxyl groups excluding tert-OH is 1. The van der Waals surface area contributed by atoms with Crippen LogP contribution in [0.1, 0.15) is 38.1 Å². The summed E-state index contributed by atoms with van der Waals surface area (Å²) in [5.74, 6) is -0.0478. The Morgan fingerprint density at radius 2 is 2.11 bits per heavy atom. The van der Waals surface area contributed by atoms with E-state index in [1.54, 1.807) is 6.07 Å². The first-order valence-corrected chi connectivity index (χ1v) is 6.07. The van der Waals surface area contributed by atoms with Gasteiger partial charge in [0.15, 0.2) is 0 Å². The second-order valence-electron chi connectivity index (χ2n) is 5.49. The van der Waals surface area contributed by atoms with Crippen molar-refractivity contribution in [2.24, 2.45) is 11.3 Å². The number of carbonyl (C=O) groups excluding carboxylic acids is 1. The van der Waals surface area contributed by atoms with Gasteiger partial charge < -0.3 is 10.4 Å². The second-order valence-corrected chi connectivity index (χ2v) is 5.49. The van der Waals surface area contributed by atoms with Crippen LogP contribution in [0.25, 0.3) is 0 Å². The van der Waals surface area contributed by atoms with Crippen molar-refractivity contribution in [2.75, 3.05) is 6.54 Å². The minimum Gasteiger partial charge on any atom is -0.392 e. The van der Waals surface area contributed by atoms with Crippen LogP contribution in [-0.4, -0.2) is 33.9 Å². The summed E-state index contributed by atoms with van der Waals surface area (Å²) in [6.07, 6.45) is 2.43. The van der Waals surface area contributed by atoms with Gasteiger partial charge in [-0.3, -0.25) is 4.79 Å². The molecule has 18 heavy (non-hydrogen) atoms. The van der Waals surface area contributed by atoms with Gasteiger partial charge in [0.1, 0.15) is 0 Å². The monoisotopic (exact) mass is 251 g/mol. The van der Waals surface area contributed by atoms with E-state index in [4.69, 9.17) is 0 Å². The van der Waals surface area contributed by atoms with Crippen LogP contribution < -0.4 is 5.32 Å². The first kappa shape index (κ1) is 14.6. The summed E-state index contributed by atoms with van der Waals surface area (Å²) < 4.78 is 0. The van der Waals surface area contributed by atoms with Crippen molar-refractivity contribution in [1.82, 2.24) is 15.5 Å². The minimum atomic E-state index is -0.464. The maximum atomic E-state index is 11.8. The van der Waals surface area contributed by atoms with Crippen LogP contribution in [0.15, 0.2) is 18.5 Å². The van der Waals surface area contributed by atoms with Gasteiger partial charge in [0, 0.05) is 12.0 Å². The van der Waals surface area contributed by atoms with Crippen LogP contribution in [0.5, 0.6) is 0 Å². The highest BCUT2D eigenvalue weighted by Crippen LogP contribution is 2.25. The van der Waals surface area contributed by atoms with Crippen molar-refractivity contribution < 1.29 is 9.90 Å². The summed E-state index contributed by atoms with van der Waals surface area (Å²) in [6, 6.07) is 1.61. The number of amides is 1. The molecule has 0 aliphatic carbocycles. The number of nitrogens with one attached hydrogen (secondary N) is 1. The van der Waals surface area contributed by atoms with Gasteiger partial charge >= 0.3 is 0 Å². The maximum Gasteiger partial charge on any atom is 0.252 e. The van der Waals surface area contributed by atoms with Crippen LogP contribution in [0.3, 0.4) is 0 Å². The van der Waals surface area contributed by atoms with Gasteiger partial charge in [0.25, 0.3) is 5.91 Å². The first-order valence-electron chi connectivity index (χ1n) is 6.07. The summed E-state index contributed by atoms with van der Waals surface area (Å²) in [5.41, 5.74) is 0.101. The fourth-order valence-corrected chi connectivity index (χ4v) is 1.84. The molecule has 1 heterocycles. The smallest absolute Gasteiger partial charge is 0.252 e. The van der Waals surface area contributed by atoms with Gasteiger partial charge in [0.05, 0.1) is 24.1 Å². The van der Waals surface area contributed by atoms with E-state index in [1.165, 1.54) is 12.4 Å². The number of hydrogen-bond acceptors (Lipinski definition) is 4. The van der Waals surface area contributed by atoms with Gasteiger partial charge in [-0.25, -0.2) is 0 Å². The Balaban J connectivity index is 2.58. The van der Waals surface area contributed by atoms with Gasteiger partial charge in [-0.15, -0.1) is 0 Å². The van der Waals surface area contributed by atoms with E-state index in [9.17, 15) is 9.90 Å². The largest absolute Gasteiger partial charge is 0.392 e. The van der Waals surface area contributed by atoms with Crippen LogP contribution >= 0.6 is 0 Å². The molecule has 0 spiro atoms. The highest BCUT2D eigenvalue weighted by atomic mass is 16.3.